The first kappa shape index (κ1) is 10.5. The van der Waals surface area contributed by atoms with Crippen LogP contribution in [0, 0.1) is 11.3 Å². The average Bonchev–Trinajstić information content (AvgIpc) is 2.19. The molecule has 0 aliphatic carbocycles. The number of halogens is 1. The molecule has 0 unspecified atom stereocenters. The van der Waals surface area contributed by atoms with Crippen molar-refractivity contribution >= 4 is 33.1 Å². The SMILES string of the molecule is N#Cc1c(N)ccc(N)c1C(=O)CBr. The van der Waals surface area contributed by atoms with Crippen molar-refractivity contribution in [1.29, 1.82) is 5.26 Å². The molecule has 72 valence electrons. The summed E-state index contributed by atoms with van der Waals surface area (Å²) in [5.41, 5.74) is 12.0. The molecule has 4 nitrogen and oxygen atoms in total. The Hall–Kier alpha value is -1.54. The van der Waals surface area contributed by atoms with Gasteiger partial charge < -0.3 is 11.5 Å². The molecule has 0 spiro atoms. The third-order valence-electron chi connectivity index (χ3n) is 1.78. The molecule has 0 heterocycles. The highest BCUT2D eigenvalue weighted by molar-refractivity contribution is 9.09. The maximum atomic E-state index is 11.4. The summed E-state index contributed by atoms with van der Waals surface area (Å²) in [5.74, 6) is -0.244. The Morgan fingerprint density at radius 1 is 1.43 bits per heavy atom. The molecule has 0 bridgehead atoms. The first-order valence-electron chi connectivity index (χ1n) is 3.79. The molecule has 1 aromatic carbocycles. The van der Waals surface area contributed by atoms with E-state index in [2.05, 4.69) is 15.9 Å². The molecule has 1 rings (SSSR count). The minimum atomic E-state index is -0.244. The molecule has 0 aliphatic heterocycles. The lowest BCUT2D eigenvalue weighted by molar-refractivity contribution is 0.102. The van der Waals surface area contributed by atoms with E-state index in [1.807, 2.05) is 6.07 Å². The molecule has 4 N–H and O–H groups in total. The van der Waals surface area contributed by atoms with Gasteiger partial charge in [-0.3, -0.25) is 4.79 Å². The number of hydrogen-bond acceptors (Lipinski definition) is 4. The van der Waals surface area contributed by atoms with Crippen molar-refractivity contribution in [2.75, 3.05) is 16.8 Å². The van der Waals surface area contributed by atoms with E-state index in [0.717, 1.165) is 0 Å². The predicted molar refractivity (Wildman–Crippen MR) is 58.1 cm³/mol. The second kappa shape index (κ2) is 4.11. The van der Waals surface area contributed by atoms with Gasteiger partial charge in [0.2, 0.25) is 0 Å². The van der Waals surface area contributed by atoms with Gasteiger partial charge >= 0.3 is 0 Å². The van der Waals surface area contributed by atoms with Gasteiger partial charge in [0.15, 0.2) is 5.78 Å². The van der Waals surface area contributed by atoms with E-state index < -0.39 is 0 Å². The van der Waals surface area contributed by atoms with Crippen molar-refractivity contribution in [3.63, 3.8) is 0 Å². The number of carbonyl (C=O) groups is 1. The van der Waals surface area contributed by atoms with Crippen LogP contribution in [0.4, 0.5) is 11.4 Å². The van der Waals surface area contributed by atoms with E-state index in [9.17, 15) is 4.79 Å². The molecule has 0 saturated carbocycles. The molecule has 5 heteroatoms. The Morgan fingerprint density at radius 3 is 2.50 bits per heavy atom. The summed E-state index contributed by atoms with van der Waals surface area (Å²) in [6.45, 7) is 0. The van der Waals surface area contributed by atoms with Gasteiger partial charge in [0.1, 0.15) is 6.07 Å². The Balaban J connectivity index is 3.47. The Bertz CT molecular complexity index is 423. The zero-order chi connectivity index (χ0) is 10.7. The van der Waals surface area contributed by atoms with E-state index in [-0.39, 0.29) is 33.6 Å². The van der Waals surface area contributed by atoms with Crippen LogP contribution >= 0.6 is 15.9 Å². The number of nitrogen functional groups attached to an aromatic ring is 2. The number of hydrogen-bond donors (Lipinski definition) is 2. The molecule has 0 fully saturated rings. The minimum absolute atomic E-state index is 0.120. The van der Waals surface area contributed by atoms with Gasteiger partial charge in [-0.25, -0.2) is 0 Å². The largest absolute Gasteiger partial charge is 0.398 e. The van der Waals surface area contributed by atoms with Crippen molar-refractivity contribution in [3.8, 4) is 6.07 Å². The van der Waals surface area contributed by atoms with E-state index in [1.165, 1.54) is 12.1 Å². The molecule has 0 aliphatic rings. The summed E-state index contributed by atoms with van der Waals surface area (Å²) in [6, 6.07) is 4.91. The van der Waals surface area contributed by atoms with Crippen LogP contribution in [0.5, 0.6) is 0 Å². The second-order valence-corrected chi connectivity index (χ2v) is 3.22. The topological polar surface area (TPSA) is 92.9 Å². The number of rotatable bonds is 2. The minimum Gasteiger partial charge on any atom is -0.398 e. The Morgan fingerprint density at radius 2 is 2.00 bits per heavy atom. The maximum Gasteiger partial charge on any atom is 0.176 e. The molecule has 14 heavy (non-hydrogen) atoms. The molecule has 0 aromatic heterocycles. The summed E-state index contributed by atoms with van der Waals surface area (Å²) in [4.78, 5) is 11.4. The van der Waals surface area contributed by atoms with Crippen LogP contribution in [0.2, 0.25) is 0 Å². The highest BCUT2D eigenvalue weighted by Gasteiger charge is 2.15. The highest BCUT2D eigenvalue weighted by Crippen LogP contribution is 2.23. The fraction of sp³-hybridized carbons (Fsp3) is 0.111. The van der Waals surface area contributed by atoms with Crippen LogP contribution in [-0.4, -0.2) is 11.1 Å². The van der Waals surface area contributed by atoms with Crippen LogP contribution in [0.1, 0.15) is 15.9 Å². The number of ketones is 1. The standard InChI is InChI=1S/C9H8BrN3O/c10-3-8(14)9-5(4-11)6(12)1-2-7(9)13/h1-2H,3,12-13H2. The van der Waals surface area contributed by atoms with Crippen molar-refractivity contribution in [1.82, 2.24) is 0 Å². The second-order valence-electron chi connectivity index (χ2n) is 2.66. The monoisotopic (exact) mass is 253 g/mol. The Labute approximate surface area is 89.6 Å². The number of anilines is 2. The number of Topliss-reactive ketones (excluding diaryl/α,β-unsaturated/α-hetero) is 1. The van der Waals surface area contributed by atoms with E-state index >= 15 is 0 Å². The number of benzene rings is 1. The average molecular weight is 254 g/mol. The lowest BCUT2D eigenvalue weighted by atomic mass is 10.0. The van der Waals surface area contributed by atoms with Crippen LogP contribution < -0.4 is 11.5 Å². The van der Waals surface area contributed by atoms with Gasteiger partial charge in [-0.2, -0.15) is 5.26 Å². The molecule has 0 amide bonds. The fourth-order valence-electron chi connectivity index (χ4n) is 1.12. The van der Waals surface area contributed by atoms with Crippen LogP contribution in [0.3, 0.4) is 0 Å². The zero-order valence-corrected chi connectivity index (χ0v) is 8.84. The van der Waals surface area contributed by atoms with Crippen LogP contribution in [0.25, 0.3) is 0 Å². The highest BCUT2D eigenvalue weighted by atomic mass is 79.9. The molecular formula is C9H8BrN3O. The third-order valence-corrected chi connectivity index (χ3v) is 2.29. The van der Waals surface area contributed by atoms with Gasteiger partial charge in [-0.05, 0) is 12.1 Å². The molecule has 0 atom stereocenters. The molecule has 0 radical (unpaired) electrons. The number of nitrogens with zero attached hydrogens (tertiary/aromatic N) is 1. The van der Waals surface area contributed by atoms with Gasteiger partial charge in [0.05, 0.1) is 22.1 Å². The predicted octanol–water partition coefficient (Wildman–Crippen LogP) is 1.30. The first-order valence-corrected chi connectivity index (χ1v) is 4.91. The van der Waals surface area contributed by atoms with E-state index in [0.29, 0.717) is 0 Å². The van der Waals surface area contributed by atoms with Gasteiger partial charge in [0, 0.05) is 5.69 Å². The van der Waals surface area contributed by atoms with E-state index in [1.54, 1.807) is 0 Å². The summed E-state index contributed by atoms with van der Waals surface area (Å²) < 4.78 is 0. The Kier molecular flexibility index (Phi) is 3.10. The van der Waals surface area contributed by atoms with Crippen molar-refractivity contribution < 1.29 is 4.79 Å². The molecule has 0 saturated heterocycles. The fourth-order valence-corrected chi connectivity index (χ4v) is 1.40. The van der Waals surface area contributed by atoms with Crippen molar-refractivity contribution in [2.24, 2.45) is 0 Å². The van der Waals surface area contributed by atoms with Gasteiger partial charge in [-0.1, -0.05) is 15.9 Å². The first-order chi connectivity index (χ1) is 6.61. The lowest BCUT2D eigenvalue weighted by Crippen LogP contribution is -2.09. The smallest absolute Gasteiger partial charge is 0.176 e. The van der Waals surface area contributed by atoms with Crippen molar-refractivity contribution in [2.45, 2.75) is 0 Å². The summed E-state index contributed by atoms with van der Waals surface area (Å²) in [5, 5.41) is 8.94. The normalized spacial score (nSPS) is 9.43. The number of nitriles is 1. The summed E-state index contributed by atoms with van der Waals surface area (Å²) in [6.07, 6.45) is 0. The zero-order valence-electron chi connectivity index (χ0n) is 7.25. The van der Waals surface area contributed by atoms with Crippen LogP contribution in [0.15, 0.2) is 12.1 Å². The lowest BCUT2D eigenvalue weighted by Gasteiger charge is -2.06. The summed E-state index contributed by atoms with van der Waals surface area (Å²) >= 11 is 3.02. The third kappa shape index (κ3) is 1.70. The number of nitrogens with two attached hydrogens (primary N) is 2. The van der Waals surface area contributed by atoms with Gasteiger partial charge in [-0.15, -0.1) is 0 Å². The molecule has 1 aromatic rings. The quantitative estimate of drug-likeness (QED) is 0.472. The molecular weight excluding hydrogens is 246 g/mol. The number of alkyl halides is 1. The number of carbonyl (C=O) groups excluding carboxylic acids is 1. The van der Waals surface area contributed by atoms with Crippen LogP contribution in [-0.2, 0) is 0 Å². The maximum absolute atomic E-state index is 11.4. The summed E-state index contributed by atoms with van der Waals surface area (Å²) in [7, 11) is 0. The van der Waals surface area contributed by atoms with E-state index in [4.69, 9.17) is 16.7 Å². The van der Waals surface area contributed by atoms with Gasteiger partial charge in [0.25, 0.3) is 0 Å². The van der Waals surface area contributed by atoms with Crippen molar-refractivity contribution in [3.05, 3.63) is 23.3 Å².